The van der Waals surface area contributed by atoms with Crippen LogP contribution in [-0.2, 0) is 0 Å². The second kappa shape index (κ2) is 4.92. The standard InChI is InChI=1S/C11H10N4O2S/c1-7-5-9(15(16)17)10(13-6-7)14-8-3-2-4-12-11(8)18/h2-6H,1H3,(H,12,18)(H,13,14). The summed E-state index contributed by atoms with van der Waals surface area (Å²) in [5, 5.41) is 13.8. The van der Waals surface area contributed by atoms with E-state index in [4.69, 9.17) is 12.2 Å². The number of rotatable bonds is 3. The minimum Gasteiger partial charge on any atom is -0.351 e. The molecule has 92 valence electrons. The summed E-state index contributed by atoms with van der Waals surface area (Å²) in [5.41, 5.74) is 1.23. The molecule has 0 bridgehead atoms. The van der Waals surface area contributed by atoms with Crippen molar-refractivity contribution in [2.24, 2.45) is 0 Å². The molecule has 0 radical (unpaired) electrons. The lowest BCUT2D eigenvalue weighted by molar-refractivity contribution is -0.384. The first-order valence-corrected chi connectivity index (χ1v) is 5.54. The maximum absolute atomic E-state index is 10.9. The van der Waals surface area contributed by atoms with E-state index in [-0.39, 0.29) is 11.5 Å². The molecule has 0 aliphatic rings. The van der Waals surface area contributed by atoms with Crippen molar-refractivity contribution in [3.8, 4) is 0 Å². The summed E-state index contributed by atoms with van der Waals surface area (Å²) in [6.45, 7) is 1.75. The smallest absolute Gasteiger partial charge is 0.311 e. The number of nitrogens with zero attached hydrogens (tertiary/aromatic N) is 2. The molecule has 0 unspecified atom stereocenters. The summed E-state index contributed by atoms with van der Waals surface area (Å²) in [6.07, 6.45) is 3.25. The van der Waals surface area contributed by atoms with Gasteiger partial charge in [-0.3, -0.25) is 10.1 Å². The van der Waals surface area contributed by atoms with E-state index in [1.165, 1.54) is 6.07 Å². The van der Waals surface area contributed by atoms with Gasteiger partial charge in [-0.25, -0.2) is 4.98 Å². The molecule has 0 atom stereocenters. The van der Waals surface area contributed by atoms with Crippen molar-refractivity contribution in [3.05, 3.63) is 50.9 Å². The summed E-state index contributed by atoms with van der Waals surface area (Å²) in [4.78, 5) is 17.3. The Labute approximate surface area is 108 Å². The number of pyridine rings is 2. The number of aromatic amines is 1. The van der Waals surface area contributed by atoms with Gasteiger partial charge in [0.15, 0.2) is 0 Å². The van der Waals surface area contributed by atoms with E-state index in [0.29, 0.717) is 10.3 Å². The summed E-state index contributed by atoms with van der Waals surface area (Å²) < 4.78 is 0.467. The highest BCUT2D eigenvalue weighted by atomic mass is 32.1. The third-order valence-corrected chi connectivity index (χ3v) is 2.61. The first kappa shape index (κ1) is 12.2. The van der Waals surface area contributed by atoms with Crippen LogP contribution in [-0.4, -0.2) is 14.9 Å². The lowest BCUT2D eigenvalue weighted by atomic mass is 10.3. The van der Waals surface area contributed by atoms with Crippen molar-refractivity contribution in [3.63, 3.8) is 0 Å². The van der Waals surface area contributed by atoms with Gasteiger partial charge in [-0.05, 0) is 24.6 Å². The van der Waals surface area contributed by atoms with E-state index < -0.39 is 4.92 Å². The maximum Gasteiger partial charge on any atom is 0.311 e. The second-order valence-electron chi connectivity index (χ2n) is 3.68. The van der Waals surface area contributed by atoms with Gasteiger partial charge in [0.2, 0.25) is 5.82 Å². The highest BCUT2D eigenvalue weighted by Crippen LogP contribution is 2.25. The van der Waals surface area contributed by atoms with Gasteiger partial charge in [-0.2, -0.15) is 0 Å². The SMILES string of the molecule is Cc1cnc(Nc2ccc[nH]c2=S)c([N+](=O)[O-])c1. The molecule has 18 heavy (non-hydrogen) atoms. The van der Waals surface area contributed by atoms with E-state index in [9.17, 15) is 10.1 Å². The van der Waals surface area contributed by atoms with Crippen molar-refractivity contribution in [2.75, 3.05) is 5.32 Å². The Bertz CT molecular complexity index is 653. The van der Waals surface area contributed by atoms with E-state index in [0.717, 1.165) is 5.56 Å². The van der Waals surface area contributed by atoms with Crippen LogP contribution < -0.4 is 5.32 Å². The Kier molecular flexibility index (Phi) is 3.33. The van der Waals surface area contributed by atoms with E-state index in [1.54, 1.807) is 31.5 Å². The van der Waals surface area contributed by atoms with Crippen molar-refractivity contribution < 1.29 is 4.92 Å². The number of hydrogen-bond acceptors (Lipinski definition) is 5. The molecule has 6 nitrogen and oxygen atoms in total. The average molecular weight is 262 g/mol. The molecule has 2 aromatic rings. The third kappa shape index (κ3) is 2.51. The lowest BCUT2D eigenvalue weighted by Crippen LogP contribution is -2.00. The molecule has 0 aliphatic carbocycles. The molecule has 0 aliphatic heterocycles. The largest absolute Gasteiger partial charge is 0.351 e. The van der Waals surface area contributed by atoms with Crippen LogP contribution in [0.1, 0.15) is 5.56 Å². The second-order valence-corrected chi connectivity index (χ2v) is 4.08. The van der Waals surface area contributed by atoms with Crippen molar-refractivity contribution in [1.29, 1.82) is 0 Å². The number of H-pyrrole nitrogens is 1. The van der Waals surface area contributed by atoms with Crippen LogP contribution in [0.15, 0.2) is 30.6 Å². The van der Waals surface area contributed by atoms with Gasteiger partial charge >= 0.3 is 5.69 Å². The summed E-state index contributed by atoms with van der Waals surface area (Å²) >= 11 is 5.07. The Balaban J connectivity index is 2.44. The van der Waals surface area contributed by atoms with Gasteiger partial charge in [0.25, 0.3) is 0 Å². The van der Waals surface area contributed by atoms with Crippen LogP contribution >= 0.6 is 12.2 Å². The zero-order valence-corrected chi connectivity index (χ0v) is 10.3. The first-order chi connectivity index (χ1) is 8.58. The van der Waals surface area contributed by atoms with Crippen LogP contribution in [0.3, 0.4) is 0 Å². The van der Waals surface area contributed by atoms with E-state index in [1.807, 2.05) is 0 Å². The Morgan fingerprint density at radius 2 is 2.33 bits per heavy atom. The predicted molar refractivity (Wildman–Crippen MR) is 70.5 cm³/mol. The molecule has 2 N–H and O–H groups in total. The van der Waals surface area contributed by atoms with E-state index in [2.05, 4.69) is 15.3 Å². The molecular weight excluding hydrogens is 252 g/mol. The quantitative estimate of drug-likeness (QED) is 0.504. The summed E-state index contributed by atoms with van der Waals surface area (Å²) in [5.74, 6) is 0.177. The lowest BCUT2D eigenvalue weighted by Gasteiger charge is -2.06. The minimum absolute atomic E-state index is 0.0757. The predicted octanol–water partition coefficient (Wildman–Crippen LogP) is 3.10. The molecule has 2 rings (SSSR count). The van der Waals surface area contributed by atoms with Gasteiger partial charge in [-0.15, -0.1) is 0 Å². The Morgan fingerprint density at radius 1 is 1.56 bits per heavy atom. The molecule has 0 fully saturated rings. The zero-order chi connectivity index (χ0) is 13.1. The highest BCUT2D eigenvalue weighted by Gasteiger charge is 2.15. The zero-order valence-electron chi connectivity index (χ0n) is 9.51. The van der Waals surface area contributed by atoms with Crippen LogP contribution in [0.4, 0.5) is 17.2 Å². The number of aromatic nitrogens is 2. The fourth-order valence-corrected chi connectivity index (χ4v) is 1.62. The number of hydrogen-bond donors (Lipinski definition) is 2. The van der Waals surface area contributed by atoms with Gasteiger partial charge < -0.3 is 10.3 Å². The van der Waals surface area contributed by atoms with E-state index >= 15 is 0 Å². The molecular formula is C11H10N4O2S. The summed E-state index contributed by atoms with van der Waals surface area (Å²) in [6, 6.07) is 4.94. The molecule has 0 saturated carbocycles. The number of aryl methyl sites for hydroxylation is 1. The Hall–Kier alpha value is -2.28. The number of nitro groups is 1. The fraction of sp³-hybridized carbons (Fsp3) is 0.0909. The van der Waals surface area contributed by atoms with Gasteiger partial charge in [0.05, 0.1) is 10.6 Å². The van der Waals surface area contributed by atoms with Crippen LogP contribution in [0.5, 0.6) is 0 Å². The van der Waals surface area contributed by atoms with Crippen molar-refractivity contribution in [1.82, 2.24) is 9.97 Å². The minimum atomic E-state index is -0.474. The van der Waals surface area contributed by atoms with Gasteiger partial charge in [0.1, 0.15) is 4.64 Å². The number of anilines is 2. The normalized spacial score (nSPS) is 10.1. The highest BCUT2D eigenvalue weighted by molar-refractivity contribution is 7.71. The third-order valence-electron chi connectivity index (χ3n) is 2.27. The maximum atomic E-state index is 10.9. The van der Waals surface area contributed by atoms with Crippen LogP contribution in [0.25, 0.3) is 0 Å². The average Bonchev–Trinajstić information content (AvgIpc) is 2.34. The molecule has 0 amide bonds. The molecule has 0 aromatic carbocycles. The molecule has 2 heterocycles. The number of nitrogens with one attached hydrogen (secondary N) is 2. The molecule has 0 saturated heterocycles. The molecule has 7 heteroatoms. The fourth-order valence-electron chi connectivity index (χ4n) is 1.44. The molecule has 0 spiro atoms. The van der Waals surface area contributed by atoms with Crippen molar-refractivity contribution >= 4 is 29.4 Å². The van der Waals surface area contributed by atoms with Gasteiger partial charge in [-0.1, -0.05) is 12.2 Å². The Morgan fingerprint density at radius 3 is 3.00 bits per heavy atom. The molecule has 2 aromatic heterocycles. The summed E-state index contributed by atoms with van der Waals surface area (Å²) in [7, 11) is 0. The van der Waals surface area contributed by atoms with Crippen LogP contribution in [0, 0.1) is 21.7 Å². The van der Waals surface area contributed by atoms with Crippen molar-refractivity contribution in [2.45, 2.75) is 6.92 Å². The topological polar surface area (TPSA) is 83.8 Å². The van der Waals surface area contributed by atoms with Crippen LogP contribution in [0.2, 0.25) is 0 Å². The first-order valence-electron chi connectivity index (χ1n) is 5.13. The monoisotopic (exact) mass is 262 g/mol. The van der Waals surface area contributed by atoms with Gasteiger partial charge in [0, 0.05) is 18.5 Å².